The van der Waals surface area contributed by atoms with Crippen LogP contribution in [0.4, 0.5) is 4.79 Å². The van der Waals surface area contributed by atoms with E-state index < -0.39 is 11.8 Å². The molecule has 0 radical (unpaired) electrons. The van der Waals surface area contributed by atoms with E-state index in [-0.39, 0.29) is 6.29 Å². The largest absolute Gasteiger partial charge is 0.514 e. The highest BCUT2D eigenvalue weighted by atomic mass is 16.7. The summed E-state index contributed by atoms with van der Waals surface area (Å²) in [5, 5.41) is 0. The molecule has 2 unspecified atom stereocenters. The van der Waals surface area contributed by atoms with Gasteiger partial charge in [0.05, 0.1) is 0 Å². The van der Waals surface area contributed by atoms with Gasteiger partial charge in [0.25, 0.3) is 0 Å². The summed E-state index contributed by atoms with van der Waals surface area (Å²) in [5.74, 6) is 2.44. The van der Waals surface area contributed by atoms with E-state index in [1.54, 1.807) is 32.9 Å². The quantitative estimate of drug-likeness (QED) is 0.227. The van der Waals surface area contributed by atoms with Crippen molar-refractivity contribution in [2.75, 3.05) is 6.61 Å². The Kier molecular flexibility index (Phi) is 12.0. The molecule has 2 aromatic carbocycles. The van der Waals surface area contributed by atoms with Gasteiger partial charge in [-0.15, -0.1) is 0 Å². The summed E-state index contributed by atoms with van der Waals surface area (Å²) in [6.45, 7) is 18.6. The number of benzene rings is 2. The molecule has 33 heavy (non-hydrogen) atoms. The Morgan fingerprint density at radius 2 is 1.33 bits per heavy atom. The third-order valence-corrected chi connectivity index (χ3v) is 4.90. The summed E-state index contributed by atoms with van der Waals surface area (Å²) >= 11 is 0. The molecular formula is C28H42O5. The first-order valence-corrected chi connectivity index (χ1v) is 11.8. The molecule has 2 atom stereocenters. The Balaban J connectivity index is 0.000000335. The van der Waals surface area contributed by atoms with E-state index in [1.165, 1.54) is 11.1 Å². The van der Waals surface area contributed by atoms with Crippen LogP contribution in [0, 0.1) is 0 Å². The molecule has 0 heterocycles. The van der Waals surface area contributed by atoms with Gasteiger partial charge in [0.1, 0.15) is 17.1 Å². The van der Waals surface area contributed by atoms with Crippen molar-refractivity contribution in [2.24, 2.45) is 0 Å². The average Bonchev–Trinajstić information content (AvgIpc) is 2.73. The third-order valence-electron chi connectivity index (χ3n) is 4.90. The molecule has 0 N–H and O–H groups in total. The van der Waals surface area contributed by atoms with Crippen molar-refractivity contribution in [2.45, 2.75) is 92.5 Å². The zero-order valence-electron chi connectivity index (χ0n) is 21.8. The van der Waals surface area contributed by atoms with Gasteiger partial charge in [-0.25, -0.2) is 4.79 Å². The van der Waals surface area contributed by atoms with Gasteiger partial charge in [-0.1, -0.05) is 52.0 Å². The summed E-state index contributed by atoms with van der Waals surface area (Å²) < 4.78 is 21.0. The number of carbonyl (C=O) groups is 1. The SMILES string of the molecule is CCC(C)c1ccc(OC(=O)OC(C)(C)C)cc1.CCOC(C)Oc1ccc(C(C)C)cc1. The third kappa shape index (κ3) is 11.8. The summed E-state index contributed by atoms with van der Waals surface area (Å²) in [6.07, 6.45) is 0.241. The highest BCUT2D eigenvalue weighted by molar-refractivity contribution is 5.64. The Bertz CT molecular complexity index is 804. The predicted molar refractivity (Wildman–Crippen MR) is 134 cm³/mol. The average molecular weight is 459 g/mol. The number of hydrogen-bond donors (Lipinski definition) is 0. The smallest absolute Gasteiger partial charge is 0.465 e. The molecule has 184 valence electrons. The van der Waals surface area contributed by atoms with Gasteiger partial charge >= 0.3 is 6.16 Å². The second-order valence-electron chi connectivity index (χ2n) is 9.31. The molecule has 0 saturated heterocycles. The Morgan fingerprint density at radius 1 is 0.818 bits per heavy atom. The van der Waals surface area contributed by atoms with Crippen molar-refractivity contribution < 1.29 is 23.7 Å². The van der Waals surface area contributed by atoms with Crippen LogP contribution in [-0.4, -0.2) is 24.7 Å². The van der Waals surface area contributed by atoms with Gasteiger partial charge in [-0.2, -0.15) is 0 Å². The molecule has 0 aliphatic carbocycles. The van der Waals surface area contributed by atoms with Crippen LogP contribution < -0.4 is 9.47 Å². The van der Waals surface area contributed by atoms with Crippen LogP contribution in [0.3, 0.4) is 0 Å². The molecule has 0 fully saturated rings. The van der Waals surface area contributed by atoms with Crippen LogP contribution in [0.25, 0.3) is 0 Å². The fraction of sp³-hybridized carbons (Fsp3) is 0.536. The molecule has 0 bridgehead atoms. The lowest BCUT2D eigenvalue weighted by atomic mass is 9.99. The number of ether oxygens (including phenoxy) is 4. The summed E-state index contributed by atoms with van der Waals surface area (Å²) in [4.78, 5) is 11.5. The maximum Gasteiger partial charge on any atom is 0.514 e. The van der Waals surface area contributed by atoms with E-state index in [0.717, 1.165) is 12.2 Å². The van der Waals surface area contributed by atoms with Crippen molar-refractivity contribution in [3.05, 3.63) is 59.7 Å². The molecule has 0 aliphatic heterocycles. The van der Waals surface area contributed by atoms with Gasteiger partial charge in [0.2, 0.25) is 0 Å². The van der Waals surface area contributed by atoms with Crippen LogP contribution >= 0.6 is 0 Å². The maximum atomic E-state index is 11.5. The van der Waals surface area contributed by atoms with Crippen LogP contribution in [0.1, 0.15) is 91.7 Å². The number of hydrogen-bond acceptors (Lipinski definition) is 5. The Hall–Kier alpha value is -2.53. The van der Waals surface area contributed by atoms with Gasteiger partial charge in [-0.3, -0.25) is 0 Å². The van der Waals surface area contributed by atoms with E-state index >= 15 is 0 Å². The molecule has 0 aliphatic rings. The zero-order chi connectivity index (χ0) is 25.0. The van der Waals surface area contributed by atoms with Gasteiger partial charge in [0.15, 0.2) is 6.29 Å². The molecule has 0 spiro atoms. The van der Waals surface area contributed by atoms with Crippen LogP contribution in [-0.2, 0) is 9.47 Å². The van der Waals surface area contributed by atoms with Crippen molar-refractivity contribution in [1.29, 1.82) is 0 Å². The van der Waals surface area contributed by atoms with Gasteiger partial charge in [-0.05, 0) is 88.3 Å². The minimum absolute atomic E-state index is 0.181. The molecule has 5 nitrogen and oxygen atoms in total. The van der Waals surface area contributed by atoms with Crippen molar-refractivity contribution >= 4 is 6.16 Å². The molecule has 0 saturated carbocycles. The lowest BCUT2D eigenvalue weighted by Gasteiger charge is -2.18. The minimum atomic E-state index is -0.668. The monoisotopic (exact) mass is 458 g/mol. The molecule has 5 heteroatoms. The molecule has 0 aromatic heterocycles. The van der Waals surface area contributed by atoms with Gasteiger partial charge < -0.3 is 18.9 Å². The fourth-order valence-electron chi connectivity index (χ4n) is 2.86. The zero-order valence-corrected chi connectivity index (χ0v) is 21.8. The van der Waals surface area contributed by atoms with E-state index in [0.29, 0.717) is 24.2 Å². The van der Waals surface area contributed by atoms with Crippen LogP contribution in [0.15, 0.2) is 48.5 Å². The highest BCUT2D eigenvalue weighted by Gasteiger charge is 2.18. The molecular weight excluding hydrogens is 416 g/mol. The summed E-state index contributed by atoms with van der Waals surface area (Å²) in [7, 11) is 0. The minimum Gasteiger partial charge on any atom is -0.465 e. The predicted octanol–water partition coefficient (Wildman–Crippen LogP) is 8.09. The first-order valence-electron chi connectivity index (χ1n) is 11.8. The number of rotatable bonds is 8. The highest BCUT2D eigenvalue weighted by Crippen LogP contribution is 2.22. The van der Waals surface area contributed by atoms with E-state index in [9.17, 15) is 4.79 Å². The second-order valence-corrected chi connectivity index (χ2v) is 9.31. The Morgan fingerprint density at radius 3 is 1.79 bits per heavy atom. The first kappa shape index (κ1) is 28.5. The standard InChI is InChI=1S/C15H22O3.C13H20O2/c1-6-11(2)12-7-9-13(10-8-12)17-14(16)18-15(3,4)5;1-5-14-11(4)15-13-8-6-12(7-9-13)10(2)3/h7-11H,6H2,1-5H3;6-11H,5H2,1-4H3. The molecule has 2 aromatic rings. The first-order chi connectivity index (χ1) is 15.4. The molecule has 2 rings (SSSR count). The molecule has 0 amide bonds. The van der Waals surface area contributed by atoms with Crippen molar-refractivity contribution in [3.8, 4) is 11.5 Å². The van der Waals surface area contributed by atoms with Crippen LogP contribution in [0.2, 0.25) is 0 Å². The van der Waals surface area contributed by atoms with E-state index in [4.69, 9.17) is 18.9 Å². The van der Waals surface area contributed by atoms with Gasteiger partial charge in [0, 0.05) is 6.61 Å². The Labute approximate surface area is 200 Å². The van der Waals surface area contributed by atoms with Crippen molar-refractivity contribution in [1.82, 2.24) is 0 Å². The van der Waals surface area contributed by atoms with E-state index in [2.05, 4.69) is 39.8 Å². The summed E-state index contributed by atoms with van der Waals surface area (Å²) in [6, 6.07) is 15.7. The number of carbonyl (C=O) groups excluding carboxylic acids is 1. The summed E-state index contributed by atoms with van der Waals surface area (Å²) in [5.41, 5.74) is 2.04. The lowest BCUT2D eigenvalue weighted by molar-refractivity contribution is -0.0613. The lowest BCUT2D eigenvalue weighted by Crippen LogP contribution is -2.25. The topological polar surface area (TPSA) is 54.0 Å². The van der Waals surface area contributed by atoms with Crippen LogP contribution in [0.5, 0.6) is 11.5 Å². The second kappa shape index (κ2) is 13.9. The normalized spacial score (nSPS) is 12.9. The van der Waals surface area contributed by atoms with Crippen molar-refractivity contribution in [3.63, 3.8) is 0 Å². The van der Waals surface area contributed by atoms with E-state index in [1.807, 2.05) is 38.1 Å². The maximum absolute atomic E-state index is 11.5. The fourth-order valence-corrected chi connectivity index (χ4v) is 2.86.